The molecular formula is C29H29N7O3S. The molecule has 2 aromatic carbocycles. The number of carbonyl (C=O) groups is 1. The fraction of sp³-hybridized carbons (Fsp3) is 0.207. The number of anilines is 2. The molecule has 11 heteroatoms. The summed E-state index contributed by atoms with van der Waals surface area (Å²) in [6.45, 7) is 4.61. The van der Waals surface area contributed by atoms with E-state index in [1.54, 1.807) is 37.5 Å². The van der Waals surface area contributed by atoms with E-state index in [-0.39, 0.29) is 11.3 Å². The molecule has 204 valence electrons. The van der Waals surface area contributed by atoms with Crippen molar-refractivity contribution >= 4 is 37.9 Å². The van der Waals surface area contributed by atoms with Crippen molar-refractivity contribution in [3.05, 3.63) is 95.7 Å². The van der Waals surface area contributed by atoms with Gasteiger partial charge in [-0.1, -0.05) is 61.5 Å². The molecule has 0 fully saturated rings. The summed E-state index contributed by atoms with van der Waals surface area (Å²) >= 11 is 0. The number of aryl methyl sites for hydroxylation is 2. The Kier molecular flexibility index (Phi) is 7.56. The molecule has 2 N–H and O–H groups in total. The minimum Gasteiger partial charge on any atom is -0.357 e. The topological polar surface area (TPSA) is 132 Å². The molecule has 3 aromatic heterocycles. The van der Waals surface area contributed by atoms with Crippen LogP contribution in [0, 0.1) is 6.92 Å². The highest BCUT2D eigenvalue weighted by molar-refractivity contribution is 8.07. The van der Waals surface area contributed by atoms with Gasteiger partial charge in [0.2, 0.25) is 5.95 Å². The van der Waals surface area contributed by atoms with Crippen LogP contribution in [-0.2, 0) is 23.0 Å². The number of imidazole rings is 1. The van der Waals surface area contributed by atoms with Crippen molar-refractivity contribution in [1.29, 1.82) is 0 Å². The van der Waals surface area contributed by atoms with Gasteiger partial charge < -0.3 is 9.88 Å². The lowest BCUT2D eigenvalue weighted by Gasteiger charge is -2.13. The van der Waals surface area contributed by atoms with E-state index in [1.807, 2.05) is 31.2 Å². The van der Waals surface area contributed by atoms with Crippen molar-refractivity contribution in [2.45, 2.75) is 33.2 Å². The molecule has 0 saturated carbocycles. The van der Waals surface area contributed by atoms with Gasteiger partial charge in [-0.15, -0.1) is 0 Å². The molecule has 0 aliphatic heterocycles. The van der Waals surface area contributed by atoms with Crippen LogP contribution in [-0.4, -0.2) is 45.1 Å². The lowest BCUT2D eigenvalue weighted by atomic mass is 10.0. The maximum absolute atomic E-state index is 12.9. The number of aromatic nitrogens is 5. The first-order valence-electron chi connectivity index (χ1n) is 12.9. The Balaban J connectivity index is 1.44. The lowest BCUT2D eigenvalue weighted by molar-refractivity contribution is 0.107. The summed E-state index contributed by atoms with van der Waals surface area (Å²) in [4.78, 5) is 30.7. The van der Waals surface area contributed by atoms with Gasteiger partial charge in [0.25, 0.3) is 5.12 Å². The first-order chi connectivity index (χ1) is 19.3. The molecule has 0 aliphatic carbocycles. The summed E-state index contributed by atoms with van der Waals surface area (Å²) in [5.74, 6) is 1.49. The van der Waals surface area contributed by atoms with Crippen molar-refractivity contribution < 1.29 is 13.2 Å². The third kappa shape index (κ3) is 5.41. The van der Waals surface area contributed by atoms with Crippen LogP contribution < -0.4 is 10.0 Å². The fourth-order valence-electron chi connectivity index (χ4n) is 4.50. The summed E-state index contributed by atoms with van der Waals surface area (Å²) in [7, 11) is -2.55. The Morgan fingerprint density at radius 3 is 2.42 bits per heavy atom. The van der Waals surface area contributed by atoms with Crippen LogP contribution >= 0.6 is 0 Å². The number of rotatable bonds is 9. The van der Waals surface area contributed by atoms with Crippen LogP contribution in [0.15, 0.2) is 73.1 Å². The Morgan fingerprint density at radius 2 is 1.73 bits per heavy atom. The maximum Gasteiger partial charge on any atom is 0.300 e. The number of hydrogen-bond donors (Lipinski definition) is 2. The normalized spacial score (nSPS) is 11.5. The molecule has 0 saturated heterocycles. The molecular weight excluding hydrogens is 526 g/mol. The van der Waals surface area contributed by atoms with E-state index in [0.29, 0.717) is 18.1 Å². The summed E-state index contributed by atoms with van der Waals surface area (Å²) in [6, 6.07) is 17.4. The Morgan fingerprint density at radius 1 is 0.975 bits per heavy atom. The van der Waals surface area contributed by atoms with Crippen molar-refractivity contribution in [3.63, 3.8) is 0 Å². The number of hydrogen-bond acceptors (Lipinski definition) is 8. The van der Waals surface area contributed by atoms with Gasteiger partial charge in [0.15, 0.2) is 5.65 Å². The molecule has 10 nitrogen and oxygen atoms in total. The first kappa shape index (κ1) is 26.9. The number of fused-ring (bicyclic) bond motifs is 1. The highest BCUT2D eigenvalue weighted by atomic mass is 32.2. The highest BCUT2D eigenvalue weighted by Gasteiger charge is 2.25. The second kappa shape index (κ2) is 11.2. The number of sulfonamides is 1. The van der Waals surface area contributed by atoms with Crippen LogP contribution in [0.3, 0.4) is 0 Å². The monoisotopic (exact) mass is 555 g/mol. The van der Waals surface area contributed by atoms with E-state index in [0.717, 1.165) is 46.7 Å². The largest absolute Gasteiger partial charge is 0.357 e. The average Bonchev–Trinajstić information content (AvgIpc) is 3.31. The molecule has 0 bridgehead atoms. The van der Waals surface area contributed by atoms with Crippen LogP contribution in [0.4, 0.5) is 11.6 Å². The van der Waals surface area contributed by atoms with Crippen LogP contribution in [0.5, 0.6) is 0 Å². The van der Waals surface area contributed by atoms with E-state index in [2.05, 4.69) is 36.5 Å². The number of carbonyl (C=O) groups excluding carboxylic acids is 1. The van der Waals surface area contributed by atoms with Gasteiger partial charge in [-0.05, 0) is 30.5 Å². The molecule has 0 unspecified atom stereocenters. The highest BCUT2D eigenvalue weighted by Crippen LogP contribution is 2.29. The van der Waals surface area contributed by atoms with Crippen molar-refractivity contribution in [2.24, 2.45) is 0 Å². The SMILES string of the molecule is CCCc1nc2c(C)nc(NC)nc2n1Cc1ccc(-c2ccncc2NS(=O)(=O)C(=O)c2ccccc2)cc1. The van der Waals surface area contributed by atoms with Crippen molar-refractivity contribution in [3.8, 4) is 11.1 Å². The molecule has 0 radical (unpaired) electrons. The minimum atomic E-state index is -4.34. The lowest BCUT2D eigenvalue weighted by Crippen LogP contribution is -2.23. The predicted molar refractivity (Wildman–Crippen MR) is 156 cm³/mol. The Labute approximate surface area is 232 Å². The molecule has 5 aromatic rings. The molecule has 0 spiro atoms. The second-order valence-corrected chi connectivity index (χ2v) is 10.9. The molecule has 3 heterocycles. The van der Waals surface area contributed by atoms with Gasteiger partial charge in [-0.2, -0.15) is 13.4 Å². The number of pyridine rings is 1. The van der Waals surface area contributed by atoms with Crippen LogP contribution in [0.25, 0.3) is 22.3 Å². The van der Waals surface area contributed by atoms with E-state index in [1.165, 1.54) is 18.3 Å². The number of nitrogens with zero attached hydrogens (tertiary/aromatic N) is 5. The van der Waals surface area contributed by atoms with Gasteiger partial charge in [-0.25, -0.2) is 9.97 Å². The zero-order valence-corrected chi connectivity index (χ0v) is 23.2. The quantitative estimate of drug-likeness (QED) is 0.265. The van der Waals surface area contributed by atoms with E-state index >= 15 is 0 Å². The molecule has 40 heavy (non-hydrogen) atoms. The van der Waals surface area contributed by atoms with Crippen molar-refractivity contribution in [1.82, 2.24) is 24.5 Å². The van der Waals surface area contributed by atoms with E-state index < -0.39 is 15.1 Å². The third-order valence-electron chi connectivity index (χ3n) is 6.47. The molecule has 0 atom stereocenters. The number of nitrogens with one attached hydrogen (secondary N) is 2. The second-order valence-electron chi connectivity index (χ2n) is 9.30. The maximum atomic E-state index is 12.9. The predicted octanol–water partition coefficient (Wildman–Crippen LogP) is 4.82. The summed E-state index contributed by atoms with van der Waals surface area (Å²) < 4.78 is 30.3. The summed E-state index contributed by atoms with van der Waals surface area (Å²) in [5.41, 5.74) is 5.09. The first-order valence-corrected chi connectivity index (χ1v) is 14.4. The zero-order valence-electron chi connectivity index (χ0n) is 22.4. The minimum absolute atomic E-state index is 0.0848. The summed E-state index contributed by atoms with van der Waals surface area (Å²) in [5, 5.41) is 2.01. The zero-order chi connectivity index (χ0) is 28.3. The third-order valence-corrected chi connectivity index (χ3v) is 7.68. The van der Waals surface area contributed by atoms with Gasteiger partial charge >= 0.3 is 10.0 Å². The van der Waals surface area contributed by atoms with Gasteiger partial charge in [0.1, 0.15) is 11.3 Å². The van der Waals surface area contributed by atoms with Gasteiger partial charge in [0.05, 0.1) is 24.1 Å². The van der Waals surface area contributed by atoms with Gasteiger partial charge in [-0.3, -0.25) is 14.5 Å². The standard InChI is InChI=1S/C29H29N7O3S/c1-4-8-25-33-26-19(2)32-29(30-3)34-27(26)36(25)18-20-11-13-21(14-12-20)23-15-16-31-17-24(23)35-40(38,39)28(37)22-9-6-5-7-10-22/h5-7,9-17,35H,4,8,18H2,1-3H3,(H,30,32,34). The van der Waals surface area contributed by atoms with E-state index in [4.69, 9.17) is 4.98 Å². The molecule has 0 amide bonds. The Bertz CT molecular complexity index is 1780. The van der Waals surface area contributed by atoms with Crippen LogP contribution in [0.1, 0.15) is 40.8 Å². The summed E-state index contributed by atoms with van der Waals surface area (Å²) in [6.07, 6.45) is 4.73. The average molecular weight is 556 g/mol. The van der Waals surface area contributed by atoms with Crippen LogP contribution in [0.2, 0.25) is 0 Å². The fourth-order valence-corrected chi connectivity index (χ4v) is 5.49. The van der Waals surface area contributed by atoms with E-state index in [9.17, 15) is 13.2 Å². The molecule has 0 aliphatic rings. The van der Waals surface area contributed by atoms with Crippen molar-refractivity contribution in [2.75, 3.05) is 17.1 Å². The molecule has 5 rings (SSSR count). The number of benzene rings is 2. The van der Waals surface area contributed by atoms with Gasteiger partial charge in [0, 0.05) is 30.8 Å². The Hall–Kier alpha value is -4.64. The smallest absolute Gasteiger partial charge is 0.300 e.